The quantitative estimate of drug-likeness (QED) is 0.713. The van der Waals surface area contributed by atoms with E-state index in [2.05, 4.69) is 5.32 Å². The molecule has 0 atom stereocenters. The van der Waals surface area contributed by atoms with Gasteiger partial charge in [-0.1, -0.05) is 23.2 Å². The van der Waals surface area contributed by atoms with Crippen LogP contribution in [0.1, 0.15) is 16.8 Å². The molecule has 1 amide bonds. The third-order valence-corrected chi connectivity index (χ3v) is 7.16. The molecule has 160 valence electrons. The summed E-state index contributed by atoms with van der Waals surface area (Å²) in [5, 5.41) is 2.53. The van der Waals surface area contributed by atoms with Gasteiger partial charge in [0, 0.05) is 23.3 Å². The minimum atomic E-state index is -3.54. The van der Waals surface area contributed by atoms with Gasteiger partial charge >= 0.3 is 0 Å². The molecule has 0 aromatic heterocycles. The van der Waals surface area contributed by atoms with Gasteiger partial charge in [0.15, 0.2) is 0 Å². The summed E-state index contributed by atoms with van der Waals surface area (Å²) in [5.74, 6) is -1.19. The van der Waals surface area contributed by atoms with E-state index in [1.54, 1.807) is 12.1 Å². The molecule has 2 saturated heterocycles. The van der Waals surface area contributed by atoms with Crippen LogP contribution < -0.4 is 14.4 Å². The Morgan fingerprint density at radius 2 is 1.97 bits per heavy atom. The molecule has 2 aromatic rings. The number of benzene rings is 2. The van der Waals surface area contributed by atoms with Crippen LogP contribution >= 0.6 is 23.2 Å². The largest absolute Gasteiger partial charge is 0.485 e. The van der Waals surface area contributed by atoms with Crippen molar-refractivity contribution in [2.75, 3.05) is 35.1 Å². The lowest BCUT2D eigenvalue weighted by molar-refractivity contribution is -0.0796. The third-order valence-electron chi connectivity index (χ3n) is 4.68. The normalized spacial score (nSPS) is 18.2. The topological polar surface area (TPSA) is 84.9 Å². The van der Waals surface area contributed by atoms with E-state index in [1.807, 2.05) is 0 Å². The predicted octanol–water partition coefficient (Wildman–Crippen LogP) is 3.70. The number of carbonyl (C=O) groups excluding carboxylic acids is 1. The highest BCUT2D eigenvalue weighted by atomic mass is 35.5. The number of nitrogens with zero attached hydrogens (tertiary/aromatic N) is 1. The zero-order valence-corrected chi connectivity index (χ0v) is 17.9. The fraction of sp³-hybridized carbons (Fsp3) is 0.316. The minimum Gasteiger partial charge on any atom is -0.485 e. The van der Waals surface area contributed by atoms with Gasteiger partial charge in [0.05, 0.1) is 35.2 Å². The maximum Gasteiger partial charge on any atom is 0.257 e. The van der Waals surface area contributed by atoms with Crippen LogP contribution in [0.2, 0.25) is 10.0 Å². The van der Waals surface area contributed by atoms with E-state index >= 15 is 0 Å². The van der Waals surface area contributed by atoms with E-state index in [0.29, 0.717) is 36.1 Å². The minimum absolute atomic E-state index is 0.0316. The molecular weight excluding hydrogens is 458 g/mol. The zero-order chi connectivity index (χ0) is 21.5. The molecule has 2 aliphatic rings. The van der Waals surface area contributed by atoms with Gasteiger partial charge in [0.1, 0.15) is 17.7 Å². The summed E-state index contributed by atoms with van der Waals surface area (Å²) in [6.07, 6.45) is 0.334. The van der Waals surface area contributed by atoms with Crippen LogP contribution in [-0.4, -0.2) is 45.9 Å². The molecule has 2 aliphatic heterocycles. The lowest BCUT2D eigenvalue weighted by atomic mass is 10.1. The number of anilines is 2. The van der Waals surface area contributed by atoms with Crippen LogP contribution in [0.3, 0.4) is 0 Å². The predicted molar refractivity (Wildman–Crippen MR) is 112 cm³/mol. The number of sulfonamides is 1. The first-order chi connectivity index (χ1) is 14.2. The molecule has 0 aliphatic carbocycles. The Morgan fingerprint density at radius 3 is 2.60 bits per heavy atom. The summed E-state index contributed by atoms with van der Waals surface area (Å²) in [6.45, 7) is 1.15. The van der Waals surface area contributed by atoms with Gasteiger partial charge in [0.2, 0.25) is 10.0 Å². The number of amides is 1. The second-order valence-corrected chi connectivity index (χ2v) is 9.77. The molecule has 2 heterocycles. The molecule has 30 heavy (non-hydrogen) atoms. The van der Waals surface area contributed by atoms with Gasteiger partial charge in [-0.05, 0) is 30.7 Å². The second-order valence-electron chi connectivity index (χ2n) is 6.94. The molecule has 2 aromatic carbocycles. The highest BCUT2D eigenvalue weighted by Gasteiger charge is 2.30. The molecule has 1 N–H and O–H groups in total. The number of nitrogens with one attached hydrogen (secondary N) is 1. The maximum atomic E-state index is 14.4. The van der Waals surface area contributed by atoms with Gasteiger partial charge in [-0.3, -0.25) is 9.10 Å². The molecule has 0 saturated carbocycles. The van der Waals surface area contributed by atoms with E-state index in [9.17, 15) is 17.6 Å². The smallest absolute Gasteiger partial charge is 0.257 e. The lowest BCUT2D eigenvalue weighted by Crippen LogP contribution is -2.38. The van der Waals surface area contributed by atoms with E-state index in [-0.39, 0.29) is 29.7 Å². The fourth-order valence-electron chi connectivity index (χ4n) is 3.19. The van der Waals surface area contributed by atoms with E-state index < -0.39 is 26.8 Å². The first-order valence-corrected chi connectivity index (χ1v) is 11.5. The van der Waals surface area contributed by atoms with Crippen molar-refractivity contribution in [2.45, 2.75) is 12.5 Å². The van der Waals surface area contributed by atoms with Crippen LogP contribution in [-0.2, 0) is 14.8 Å². The average Bonchev–Trinajstić information content (AvgIpc) is 2.99. The average molecular weight is 475 g/mol. The molecule has 0 spiro atoms. The van der Waals surface area contributed by atoms with Crippen LogP contribution in [0, 0.1) is 5.82 Å². The van der Waals surface area contributed by atoms with Crippen molar-refractivity contribution in [2.24, 2.45) is 0 Å². The Balaban J connectivity index is 1.60. The number of halogens is 3. The van der Waals surface area contributed by atoms with Gasteiger partial charge in [0.25, 0.3) is 5.91 Å². The van der Waals surface area contributed by atoms with Crippen LogP contribution in [0.25, 0.3) is 0 Å². The Labute approximate surface area is 182 Å². The molecule has 11 heteroatoms. The second kappa shape index (κ2) is 8.22. The standard InChI is InChI=1S/C19H17Cl2FN2O5S/c20-11-4-12(6-14(5-11)29-15-9-28-10-15)23-19(25)16-7-13(8-17(22)18(16)21)24-2-1-3-30(24,26)27/h4-8,15H,1-3,9-10H2,(H,23,25). The summed E-state index contributed by atoms with van der Waals surface area (Å²) in [7, 11) is -3.54. The fourth-order valence-corrected chi connectivity index (χ4v) is 5.16. The molecule has 4 rings (SSSR count). The van der Waals surface area contributed by atoms with Crippen molar-refractivity contribution in [3.8, 4) is 5.75 Å². The number of rotatable bonds is 5. The highest BCUT2D eigenvalue weighted by molar-refractivity contribution is 7.93. The third kappa shape index (κ3) is 4.34. The van der Waals surface area contributed by atoms with Crippen LogP contribution in [0.5, 0.6) is 5.75 Å². The Hall–Kier alpha value is -2.07. The Bertz CT molecular complexity index is 1110. The lowest BCUT2D eigenvalue weighted by Gasteiger charge is -2.27. The monoisotopic (exact) mass is 474 g/mol. The van der Waals surface area contributed by atoms with E-state index in [1.165, 1.54) is 12.1 Å². The molecule has 7 nitrogen and oxygen atoms in total. The molecule has 0 unspecified atom stereocenters. The zero-order valence-electron chi connectivity index (χ0n) is 15.5. The van der Waals surface area contributed by atoms with E-state index in [0.717, 1.165) is 10.4 Å². The van der Waals surface area contributed by atoms with Crippen LogP contribution in [0.15, 0.2) is 30.3 Å². The first kappa shape index (κ1) is 21.2. The summed E-state index contributed by atoms with van der Waals surface area (Å²) < 4.78 is 50.5. The van der Waals surface area contributed by atoms with Gasteiger partial charge in [-0.15, -0.1) is 0 Å². The van der Waals surface area contributed by atoms with Crippen molar-refractivity contribution in [1.82, 2.24) is 0 Å². The molecular formula is C19H17Cl2FN2O5S. The summed E-state index contributed by atoms with van der Waals surface area (Å²) in [5.41, 5.74) is 0.182. The summed E-state index contributed by atoms with van der Waals surface area (Å²) in [4.78, 5) is 12.8. The van der Waals surface area contributed by atoms with Gasteiger partial charge < -0.3 is 14.8 Å². The molecule has 0 bridgehead atoms. The molecule has 0 radical (unpaired) electrons. The number of hydrogen-bond acceptors (Lipinski definition) is 5. The van der Waals surface area contributed by atoms with Crippen LogP contribution in [0.4, 0.5) is 15.8 Å². The van der Waals surface area contributed by atoms with Gasteiger partial charge in [-0.2, -0.15) is 0 Å². The highest BCUT2D eigenvalue weighted by Crippen LogP contribution is 2.32. The SMILES string of the molecule is O=C(Nc1cc(Cl)cc(OC2COC2)c1)c1cc(N2CCCS2(=O)=O)cc(F)c1Cl. The van der Waals surface area contributed by atoms with Crippen molar-refractivity contribution >= 4 is 50.5 Å². The van der Waals surface area contributed by atoms with E-state index in [4.69, 9.17) is 32.7 Å². The number of hydrogen-bond donors (Lipinski definition) is 1. The Kier molecular flexibility index (Phi) is 5.80. The first-order valence-electron chi connectivity index (χ1n) is 9.09. The Morgan fingerprint density at radius 1 is 1.20 bits per heavy atom. The maximum absolute atomic E-state index is 14.4. The summed E-state index contributed by atoms with van der Waals surface area (Å²) in [6, 6.07) is 6.94. The van der Waals surface area contributed by atoms with Crippen molar-refractivity contribution in [1.29, 1.82) is 0 Å². The van der Waals surface area contributed by atoms with Crippen molar-refractivity contribution < 1.29 is 27.1 Å². The number of ether oxygens (including phenoxy) is 2. The summed E-state index contributed by atoms with van der Waals surface area (Å²) >= 11 is 12.1. The molecule has 2 fully saturated rings. The number of carbonyl (C=O) groups is 1. The van der Waals surface area contributed by atoms with Crippen molar-refractivity contribution in [3.05, 3.63) is 51.8 Å². The van der Waals surface area contributed by atoms with Crippen molar-refractivity contribution in [3.63, 3.8) is 0 Å². The van der Waals surface area contributed by atoms with Gasteiger partial charge in [-0.25, -0.2) is 12.8 Å².